The SMILES string of the molecule is O=Cc1nnn(CC(F)F)c1C(F)(F)F. The number of nitrogens with zero attached hydrogens (tertiary/aromatic N) is 3. The molecule has 0 saturated heterocycles. The van der Waals surface area contributed by atoms with E-state index < -0.39 is 30.5 Å². The highest BCUT2D eigenvalue weighted by molar-refractivity contribution is 5.73. The van der Waals surface area contributed by atoms with Crippen molar-refractivity contribution < 1.29 is 26.7 Å². The van der Waals surface area contributed by atoms with Crippen LogP contribution in [0, 0.1) is 0 Å². The molecule has 0 amide bonds. The third-order valence-electron chi connectivity index (χ3n) is 1.45. The van der Waals surface area contributed by atoms with Crippen LogP contribution in [0.1, 0.15) is 16.2 Å². The second-order valence-corrected chi connectivity index (χ2v) is 2.51. The van der Waals surface area contributed by atoms with Gasteiger partial charge in [-0.2, -0.15) is 13.2 Å². The molecule has 1 aromatic heterocycles. The first-order valence-electron chi connectivity index (χ1n) is 3.60. The van der Waals surface area contributed by atoms with Gasteiger partial charge in [-0.25, -0.2) is 13.5 Å². The van der Waals surface area contributed by atoms with Crippen molar-refractivity contribution in [3.05, 3.63) is 11.4 Å². The van der Waals surface area contributed by atoms with Crippen molar-refractivity contribution in [3.63, 3.8) is 0 Å². The Morgan fingerprint density at radius 2 is 2.00 bits per heavy atom. The molecule has 0 radical (unpaired) electrons. The molecule has 1 heterocycles. The van der Waals surface area contributed by atoms with Gasteiger partial charge >= 0.3 is 6.18 Å². The van der Waals surface area contributed by atoms with Crippen molar-refractivity contribution in [3.8, 4) is 0 Å². The molecule has 0 aliphatic heterocycles. The first kappa shape index (κ1) is 11.5. The number of hydrogen-bond donors (Lipinski definition) is 0. The molecule has 0 fully saturated rings. The molecule has 0 bridgehead atoms. The summed E-state index contributed by atoms with van der Waals surface area (Å²) in [5, 5.41) is 5.67. The van der Waals surface area contributed by atoms with Gasteiger partial charge in [0.05, 0.1) is 0 Å². The Balaban J connectivity index is 3.17. The molecule has 1 aromatic rings. The van der Waals surface area contributed by atoms with Crippen LogP contribution in [0.5, 0.6) is 0 Å². The Labute approximate surface area is 79.7 Å². The predicted molar refractivity (Wildman–Crippen MR) is 36.4 cm³/mol. The van der Waals surface area contributed by atoms with Crippen LogP contribution in [0.3, 0.4) is 0 Å². The summed E-state index contributed by atoms with van der Waals surface area (Å²) in [5.41, 5.74) is -2.55. The Bertz CT molecular complexity index is 358. The molecule has 15 heavy (non-hydrogen) atoms. The number of alkyl halides is 5. The number of aldehydes is 1. The van der Waals surface area contributed by atoms with E-state index in [0.29, 0.717) is 0 Å². The number of aromatic nitrogens is 3. The lowest BCUT2D eigenvalue weighted by Gasteiger charge is -2.08. The normalized spacial score (nSPS) is 12.1. The van der Waals surface area contributed by atoms with Gasteiger partial charge in [-0.15, -0.1) is 5.10 Å². The summed E-state index contributed by atoms with van der Waals surface area (Å²) in [4.78, 5) is 10.2. The maximum absolute atomic E-state index is 12.3. The van der Waals surface area contributed by atoms with Gasteiger partial charge in [-0.3, -0.25) is 4.79 Å². The van der Waals surface area contributed by atoms with Crippen LogP contribution < -0.4 is 0 Å². The minimum Gasteiger partial charge on any atom is -0.296 e. The Morgan fingerprint density at radius 1 is 1.40 bits per heavy atom. The molecule has 0 atom stereocenters. The van der Waals surface area contributed by atoms with Crippen molar-refractivity contribution in [1.29, 1.82) is 0 Å². The number of carbonyl (C=O) groups is 1. The summed E-state index contributed by atoms with van der Waals surface area (Å²) in [7, 11) is 0. The smallest absolute Gasteiger partial charge is 0.296 e. The number of halogens is 5. The van der Waals surface area contributed by atoms with Gasteiger partial charge in [0, 0.05) is 0 Å². The summed E-state index contributed by atoms with van der Waals surface area (Å²) in [6.45, 7) is -1.25. The Kier molecular flexibility index (Phi) is 3.01. The van der Waals surface area contributed by atoms with Crippen LogP contribution >= 0.6 is 0 Å². The van der Waals surface area contributed by atoms with E-state index >= 15 is 0 Å². The van der Waals surface area contributed by atoms with Crippen molar-refractivity contribution in [2.75, 3.05) is 0 Å². The fourth-order valence-electron chi connectivity index (χ4n) is 0.956. The largest absolute Gasteiger partial charge is 0.435 e. The molecular weight excluding hydrogens is 225 g/mol. The van der Waals surface area contributed by atoms with Crippen LogP contribution in [0.2, 0.25) is 0 Å². The van der Waals surface area contributed by atoms with Gasteiger partial charge in [0.2, 0.25) is 0 Å². The van der Waals surface area contributed by atoms with Crippen LogP contribution in [0.4, 0.5) is 22.0 Å². The topological polar surface area (TPSA) is 47.8 Å². The van der Waals surface area contributed by atoms with Crippen molar-refractivity contribution in [1.82, 2.24) is 15.0 Å². The Morgan fingerprint density at radius 3 is 2.40 bits per heavy atom. The molecule has 0 N–H and O–H groups in total. The standard InChI is InChI=1S/C6H4F5N3O/c7-4(8)1-14-5(6(9,10)11)3(2-15)12-13-14/h2,4H,1H2. The van der Waals surface area contributed by atoms with Gasteiger partial charge in [0.15, 0.2) is 17.7 Å². The van der Waals surface area contributed by atoms with Gasteiger partial charge in [0.1, 0.15) is 6.54 Å². The second-order valence-electron chi connectivity index (χ2n) is 2.51. The summed E-state index contributed by atoms with van der Waals surface area (Å²) >= 11 is 0. The van der Waals surface area contributed by atoms with E-state index in [1.54, 1.807) is 0 Å². The summed E-state index contributed by atoms with van der Waals surface area (Å²) in [6, 6.07) is 0. The molecule has 0 aromatic carbocycles. The van der Waals surface area contributed by atoms with E-state index in [9.17, 15) is 26.7 Å². The van der Waals surface area contributed by atoms with Crippen molar-refractivity contribution in [2.45, 2.75) is 19.1 Å². The molecule has 0 aliphatic rings. The monoisotopic (exact) mass is 229 g/mol. The average Bonchev–Trinajstić information content (AvgIpc) is 2.45. The zero-order valence-corrected chi connectivity index (χ0v) is 7.00. The van der Waals surface area contributed by atoms with E-state index in [2.05, 4.69) is 10.3 Å². The lowest BCUT2D eigenvalue weighted by molar-refractivity contribution is -0.145. The van der Waals surface area contributed by atoms with Crippen LogP contribution in [0.25, 0.3) is 0 Å². The van der Waals surface area contributed by atoms with Gasteiger partial charge in [-0.05, 0) is 0 Å². The van der Waals surface area contributed by atoms with E-state index in [1.807, 2.05) is 0 Å². The van der Waals surface area contributed by atoms with E-state index in [-0.39, 0.29) is 11.0 Å². The fraction of sp³-hybridized carbons (Fsp3) is 0.500. The molecule has 0 unspecified atom stereocenters. The van der Waals surface area contributed by atoms with Crippen molar-refractivity contribution >= 4 is 6.29 Å². The number of carbonyl (C=O) groups excluding carboxylic acids is 1. The third kappa shape index (κ3) is 2.48. The van der Waals surface area contributed by atoms with E-state index in [0.717, 1.165) is 0 Å². The fourth-order valence-corrected chi connectivity index (χ4v) is 0.956. The maximum atomic E-state index is 12.3. The molecule has 9 heteroatoms. The van der Waals surface area contributed by atoms with Crippen LogP contribution in [-0.4, -0.2) is 27.7 Å². The molecular formula is C6H4F5N3O. The third-order valence-corrected chi connectivity index (χ3v) is 1.45. The first-order chi connectivity index (χ1) is 6.86. The quantitative estimate of drug-likeness (QED) is 0.581. The van der Waals surface area contributed by atoms with E-state index in [1.165, 1.54) is 0 Å². The maximum Gasteiger partial charge on any atom is 0.435 e. The zero-order chi connectivity index (χ0) is 11.6. The molecule has 4 nitrogen and oxygen atoms in total. The van der Waals surface area contributed by atoms with Gasteiger partial charge < -0.3 is 0 Å². The van der Waals surface area contributed by atoms with Crippen LogP contribution in [0.15, 0.2) is 0 Å². The number of rotatable bonds is 3. The molecule has 84 valence electrons. The Hall–Kier alpha value is -1.54. The summed E-state index contributed by atoms with van der Waals surface area (Å²) in [6.07, 6.45) is -8.13. The minimum atomic E-state index is -4.94. The molecule has 0 saturated carbocycles. The molecule has 1 rings (SSSR count). The van der Waals surface area contributed by atoms with Crippen LogP contribution in [-0.2, 0) is 12.7 Å². The van der Waals surface area contributed by atoms with Gasteiger partial charge in [-0.1, -0.05) is 5.21 Å². The minimum absolute atomic E-state index is 0.0333. The highest BCUT2D eigenvalue weighted by Crippen LogP contribution is 2.30. The summed E-state index contributed by atoms with van der Waals surface area (Å²) < 4.78 is 60.5. The highest BCUT2D eigenvalue weighted by atomic mass is 19.4. The van der Waals surface area contributed by atoms with Gasteiger partial charge in [0.25, 0.3) is 6.43 Å². The molecule has 0 aliphatic carbocycles. The van der Waals surface area contributed by atoms with E-state index in [4.69, 9.17) is 0 Å². The predicted octanol–water partition coefficient (Wildman–Crippen LogP) is 1.37. The van der Waals surface area contributed by atoms with Crippen molar-refractivity contribution in [2.24, 2.45) is 0 Å². The zero-order valence-electron chi connectivity index (χ0n) is 7.00. The lowest BCUT2D eigenvalue weighted by atomic mass is 10.3. The molecule has 0 spiro atoms. The lowest BCUT2D eigenvalue weighted by Crippen LogP contribution is -2.19. The summed E-state index contributed by atoms with van der Waals surface area (Å²) in [5.74, 6) is 0. The number of hydrogen-bond acceptors (Lipinski definition) is 3. The second kappa shape index (κ2) is 3.91. The first-order valence-corrected chi connectivity index (χ1v) is 3.60. The highest BCUT2D eigenvalue weighted by Gasteiger charge is 2.39. The average molecular weight is 229 g/mol.